The van der Waals surface area contributed by atoms with Gasteiger partial charge >= 0.3 is 5.97 Å². The van der Waals surface area contributed by atoms with Crippen LogP contribution in [-0.2, 0) is 4.79 Å². The van der Waals surface area contributed by atoms with Gasteiger partial charge in [-0.1, -0.05) is 12.8 Å². The molecule has 0 aliphatic carbocycles. The Hall–Kier alpha value is -2.11. The van der Waals surface area contributed by atoms with Crippen LogP contribution in [0.4, 0.5) is 5.82 Å². The van der Waals surface area contributed by atoms with Crippen molar-refractivity contribution in [1.82, 2.24) is 9.88 Å². The summed E-state index contributed by atoms with van der Waals surface area (Å²) < 4.78 is 0. The standard InChI is InChI=1S/C16H23N3O3/c1-2-18(12-15(20)21)16(22)13-7-8-14(17-11-13)19-9-5-3-4-6-10-19/h7-8,11H,2-6,9-10,12H2,1H3,(H,20,21). The summed E-state index contributed by atoms with van der Waals surface area (Å²) in [5, 5.41) is 8.84. The molecule has 1 aromatic heterocycles. The van der Waals surface area contributed by atoms with E-state index >= 15 is 0 Å². The van der Waals surface area contributed by atoms with E-state index in [-0.39, 0.29) is 12.5 Å². The normalized spacial score (nSPS) is 15.2. The molecule has 0 atom stereocenters. The lowest BCUT2D eigenvalue weighted by atomic mass is 10.2. The Morgan fingerprint density at radius 1 is 1.23 bits per heavy atom. The average molecular weight is 305 g/mol. The molecule has 2 rings (SSSR count). The minimum Gasteiger partial charge on any atom is -0.480 e. The number of aliphatic carboxylic acids is 1. The Morgan fingerprint density at radius 2 is 1.91 bits per heavy atom. The number of rotatable bonds is 5. The topological polar surface area (TPSA) is 73.7 Å². The predicted octanol–water partition coefficient (Wildman–Crippen LogP) is 2.01. The molecule has 0 unspecified atom stereocenters. The highest BCUT2D eigenvalue weighted by molar-refractivity contribution is 5.95. The third kappa shape index (κ3) is 4.19. The smallest absolute Gasteiger partial charge is 0.323 e. The minimum atomic E-state index is -1.01. The maximum Gasteiger partial charge on any atom is 0.323 e. The van der Waals surface area contributed by atoms with Crippen LogP contribution >= 0.6 is 0 Å². The number of amides is 1. The summed E-state index contributed by atoms with van der Waals surface area (Å²) >= 11 is 0. The molecule has 1 amide bonds. The van der Waals surface area contributed by atoms with Gasteiger partial charge in [0.05, 0.1) is 5.56 Å². The molecule has 1 saturated heterocycles. The van der Waals surface area contributed by atoms with Gasteiger partial charge in [-0.05, 0) is 31.9 Å². The van der Waals surface area contributed by atoms with Crippen LogP contribution in [-0.4, -0.2) is 53.0 Å². The van der Waals surface area contributed by atoms with Crippen LogP contribution in [0.3, 0.4) is 0 Å². The van der Waals surface area contributed by atoms with Gasteiger partial charge in [-0.15, -0.1) is 0 Å². The van der Waals surface area contributed by atoms with Crippen molar-refractivity contribution in [3.8, 4) is 0 Å². The van der Waals surface area contributed by atoms with Crippen LogP contribution in [0.15, 0.2) is 18.3 Å². The van der Waals surface area contributed by atoms with Gasteiger partial charge in [-0.2, -0.15) is 0 Å². The first-order valence-corrected chi connectivity index (χ1v) is 7.84. The molecular weight excluding hydrogens is 282 g/mol. The Morgan fingerprint density at radius 3 is 2.41 bits per heavy atom. The Balaban J connectivity index is 2.06. The summed E-state index contributed by atoms with van der Waals surface area (Å²) in [5.74, 6) is -0.413. The van der Waals surface area contributed by atoms with Gasteiger partial charge < -0.3 is 14.9 Å². The maximum atomic E-state index is 12.3. The number of carboxylic acid groups (broad SMARTS) is 1. The highest BCUT2D eigenvalue weighted by Crippen LogP contribution is 2.18. The number of likely N-dealkylation sites (N-methyl/N-ethyl adjacent to an activating group) is 1. The van der Waals surface area contributed by atoms with Crippen LogP contribution in [0.2, 0.25) is 0 Å². The van der Waals surface area contributed by atoms with Gasteiger partial charge in [-0.3, -0.25) is 9.59 Å². The second kappa shape index (κ2) is 7.77. The third-order valence-electron chi connectivity index (χ3n) is 3.92. The van der Waals surface area contributed by atoms with E-state index in [4.69, 9.17) is 5.11 Å². The molecule has 1 aromatic rings. The average Bonchev–Trinajstić information content (AvgIpc) is 2.81. The number of nitrogens with zero attached hydrogens (tertiary/aromatic N) is 3. The number of pyridine rings is 1. The maximum absolute atomic E-state index is 12.3. The van der Waals surface area contributed by atoms with E-state index in [1.807, 2.05) is 6.07 Å². The SMILES string of the molecule is CCN(CC(=O)O)C(=O)c1ccc(N2CCCCCC2)nc1. The molecule has 1 fully saturated rings. The van der Waals surface area contributed by atoms with Crippen LogP contribution in [0.1, 0.15) is 43.0 Å². The largest absolute Gasteiger partial charge is 0.480 e. The summed E-state index contributed by atoms with van der Waals surface area (Å²) in [6, 6.07) is 3.59. The quantitative estimate of drug-likeness (QED) is 0.901. The van der Waals surface area contributed by atoms with Gasteiger partial charge in [0.25, 0.3) is 5.91 Å². The van der Waals surface area contributed by atoms with Crippen molar-refractivity contribution in [2.75, 3.05) is 31.1 Å². The van der Waals surface area contributed by atoms with Crippen molar-refractivity contribution in [2.24, 2.45) is 0 Å². The predicted molar refractivity (Wildman–Crippen MR) is 84.1 cm³/mol. The first kappa shape index (κ1) is 16.3. The molecule has 6 heteroatoms. The van der Waals surface area contributed by atoms with Gasteiger partial charge in [0, 0.05) is 25.8 Å². The van der Waals surface area contributed by atoms with Gasteiger partial charge in [0.1, 0.15) is 12.4 Å². The van der Waals surface area contributed by atoms with Gasteiger partial charge in [-0.25, -0.2) is 4.98 Å². The molecule has 1 aliphatic rings. The summed E-state index contributed by atoms with van der Waals surface area (Å²) in [7, 11) is 0. The van der Waals surface area contributed by atoms with Crippen LogP contribution in [0.5, 0.6) is 0 Å². The van der Waals surface area contributed by atoms with Crippen LogP contribution < -0.4 is 4.90 Å². The molecular formula is C16H23N3O3. The number of hydrogen-bond acceptors (Lipinski definition) is 4. The van der Waals surface area contributed by atoms with E-state index in [1.54, 1.807) is 19.2 Å². The first-order chi connectivity index (χ1) is 10.6. The lowest BCUT2D eigenvalue weighted by Crippen LogP contribution is -2.35. The first-order valence-electron chi connectivity index (χ1n) is 7.84. The number of carbonyl (C=O) groups is 2. The van der Waals surface area contributed by atoms with Crippen molar-refractivity contribution < 1.29 is 14.7 Å². The van der Waals surface area contributed by atoms with Crippen LogP contribution in [0, 0.1) is 0 Å². The molecule has 0 radical (unpaired) electrons. The zero-order valence-corrected chi connectivity index (χ0v) is 13.0. The van der Waals surface area contributed by atoms with E-state index in [2.05, 4.69) is 9.88 Å². The fourth-order valence-corrected chi connectivity index (χ4v) is 2.67. The minimum absolute atomic E-state index is 0.288. The molecule has 0 bridgehead atoms. The molecule has 0 saturated carbocycles. The second-order valence-electron chi connectivity index (χ2n) is 5.52. The molecule has 0 spiro atoms. The monoisotopic (exact) mass is 305 g/mol. The fraction of sp³-hybridized carbons (Fsp3) is 0.562. The number of hydrogen-bond donors (Lipinski definition) is 1. The van der Waals surface area contributed by atoms with Crippen molar-refractivity contribution in [1.29, 1.82) is 0 Å². The Kier molecular flexibility index (Phi) is 5.75. The molecule has 1 N–H and O–H groups in total. The third-order valence-corrected chi connectivity index (χ3v) is 3.92. The van der Waals surface area contributed by atoms with Crippen molar-refractivity contribution >= 4 is 17.7 Å². The highest BCUT2D eigenvalue weighted by atomic mass is 16.4. The molecule has 6 nitrogen and oxygen atoms in total. The van der Waals surface area contributed by atoms with E-state index in [0.29, 0.717) is 12.1 Å². The number of carboxylic acids is 1. The van der Waals surface area contributed by atoms with Gasteiger partial charge in [0.2, 0.25) is 0 Å². The number of aromatic nitrogens is 1. The zero-order chi connectivity index (χ0) is 15.9. The molecule has 2 heterocycles. The second-order valence-corrected chi connectivity index (χ2v) is 5.52. The summed E-state index contributed by atoms with van der Waals surface area (Å²) in [6.07, 6.45) is 6.41. The molecule has 1 aliphatic heterocycles. The Labute approximate surface area is 130 Å². The van der Waals surface area contributed by atoms with Crippen molar-refractivity contribution in [2.45, 2.75) is 32.6 Å². The number of carbonyl (C=O) groups excluding carboxylic acids is 1. The van der Waals surface area contributed by atoms with E-state index in [0.717, 1.165) is 18.9 Å². The number of anilines is 1. The Bertz CT molecular complexity index is 508. The highest BCUT2D eigenvalue weighted by Gasteiger charge is 2.18. The van der Waals surface area contributed by atoms with Crippen molar-refractivity contribution in [3.63, 3.8) is 0 Å². The lowest BCUT2D eigenvalue weighted by Gasteiger charge is -2.22. The molecule has 0 aromatic carbocycles. The zero-order valence-electron chi connectivity index (χ0n) is 13.0. The van der Waals surface area contributed by atoms with E-state index < -0.39 is 5.97 Å². The van der Waals surface area contributed by atoms with E-state index in [9.17, 15) is 9.59 Å². The van der Waals surface area contributed by atoms with Crippen molar-refractivity contribution in [3.05, 3.63) is 23.9 Å². The van der Waals surface area contributed by atoms with Gasteiger partial charge in [0.15, 0.2) is 0 Å². The summed E-state index contributed by atoms with van der Waals surface area (Å²) in [4.78, 5) is 31.0. The van der Waals surface area contributed by atoms with E-state index in [1.165, 1.54) is 30.6 Å². The summed E-state index contributed by atoms with van der Waals surface area (Å²) in [5.41, 5.74) is 0.432. The lowest BCUT2D eigenvalue weighted by molar-refractivity contribution is -0.137. The summed E-state index contributed by atoms with van der Waals surface area (Å²) in [6.45, 7) is 3.84. The fourth-order valence-electron chi connectivity index (χ4n) is 2.67. The van der Waals surface area contributed by atoms with Crippen LogP contribution in [0.25, 0.3) is 0 Å². The molecule has 22 heavy (non-hydrogen) atoms. The molecule has 120 valence electrons.